The van der Waals surface area contributed by atoms with E-state index in [0.717, 1.165) is 18.5 Å². The Kier molecular flexibility index (Phi) is 5.29. The van der Waals surface area contributed by atoms with Gasteiger partial charge in [-0.2, -0.15) is 0 Å². The van der Waals surface area contributed by atoms with Crippen LogP contribution in [0.3, 0.4) is 0 Å². The first kappa shape index (κ1) is 15.1. The molecule has 0 aromatic heterocycles. The molecular weight excluding hydrogens is 227 g/mol. The van der Waals surface area contributed by atoms with Gasteiger partial charge in [-0.1, -0.05) is 19.1 Å². The molecule has 0 bridgehead atoms. The van der Waals surface area contributed by atoms with Crippen molar-refractivity contribution in [3.63, 3.8) is 0 Å². The van der Waals surface area contributed by atoms with E-state index >= 15 is 0 Å². The van der Waals surface area contributed by atoms with Crippen LogP contribution >= 0.6 is 0 Å². The molecule has 0 aliphatic heterocycles. The highest BCUT2D eigenvalue weighted by atomic mass is 19.1. The van der Waals surface area contributed by atoms with Crippen LogP contribution in [0, 0.1) is 5.82 Å². The van der Waals surface area contributed by atoms with Crippen molar-refractivity contribution in [3.05, 3.63) is 35.6 Å². The zero-order valence-corrected chi connectivity index (χ0v) is 12.1. The van der Waals surface area contributed by atoms with Gasteiger partial charge in [0.25, 0.3) is 0 Å². The summed E-state index contributed by atoms with van der Waals surface area (Å²) in [6, 6.07) is 7.16. The van der Waals surface area contributed by atoms with Crippen LogP contribution in [0.4, 0.5) is 4.39 Å². The summed E-state index contributed by atoms with van der Waals surface area (Å²) in [6.45, 7) is 7.43. The lowest BCUT2D eigenvalue weighted by molar-refractivity contribution is 0.138. The van der Waals surface area contributed by atoms with Gasteiger partial charge in [-0.3, -0.25) is 0 Å². The monoisotopic (exact) mass is 252 g/mol. The van der Waals surface area contributed by atoms with Crippen LogP contribution < -0.4 is 5.32 Å². The van der Waals surface area contributed by atoms with Gasteiger partial charge >= 0.3 is 0 Å². The molecule has 0 saturated heterocycles. The molecule has 0 amide bonds. The number of nitrogens with zero attached hydrogens (tertiary/aromatic N) is 1. The molecular formula is C15H25FN2. The fraction of sp³-hybridized carbons (Fsp3) is 0.600. The quantitative estimate of drug-likeness (QED) is 0.837. The maximum Gasteiger partial charge on any atom is 0.123 e. The molecule has 0 heterocycles. The largest absolute Gasteiger partial charge is 0.312 e. The van der Waals surface area contributed by atoms with Crippen LogP contribution in [0.2, 0.25) is 0 Å². The zero-order chi connectivity index (χ0) is 13.8. The summed E-state index contributed by atoms with van der Waals surface area (Å²) in [4.78, 5) is 2.21. The van der Waals surface area contributed by atoms with E-state index in [1.165, 1.54) is 6.07 Å². The molecule has 1 unspecified atom stereocenters. The molecule has 0 fully saturated rings. The number of benzene rings is 1. The first-order valence-electron chi connectivity index (χ1n) is 6.53. The van der Waals surface area contributed by atoms with Gasteiger partial charge in [0, 0.05) is 11.6 Å². The topological polar surface area (TPSA) is 15.3 Å². The van der Waals surface area contributed by atoms with Gasteiger partial charge in [0.15, 0.2) is 0 Å². The van der Waals surface area contributed by atoms with Crippen molar-refractivity contribution in [2.45, 2.75) is 38.8 Å². The van der Waals surface area contributed by atoms with Gasteiger partial charge in [-0.15, -0.1) is 0 Å². The van der Waals surface area contributed by atoms with Crippen molar-refractivity contribution in [1.29, 1.82) is 0 Å². The van der Waals surface area contributed by atoms with Gasteiger partial charge in [0.2, 0.25) is 0 Å². The molecule has 2 nitrogen and oxygen atoms in total. The van der Waals surface area contributed by atoms with Crippen LogP contribution in [-0.2, 0) is 6.42 Å². The van der Waals surface area contributed by atoms with E-state index in [1.54, 1.807) is 12.1 Å². The lowest BCUT2D eigenvalue weighted by Crippen LogP contribution is -2.56. The lowest BCUT2D eigenvalue weighted by atomic mass is 9.88. The average molecular weight is 252 g/mol. The highest BCUT2D eigenvalue weighted by Crippen LogP contribution is 2.20. The maximum atomic E-state index is 13.2. The molecule has 1 N–H and O–H groups in total. The Balaban J connectivity index is 2.87. The Morgan fingerprint density at radius 3 is 2.50 bits per heavy atom. The molecule has 102 valence electrons. The number of rotatable bonds is 6. The molecule has 3 heteroatoms. The van der Waals surface area contributed by atoms with Crippen LogP contribution in [0.1, 0.15) is 26.3 Å². The fourth-order valence-corrected chi connectivity index (χ4v) is 2.03. The van der Waals surface area contributed by atoms with Crippen molar-refractivity contribution >= 4 is 0 Å². The van der Waals surface area contributed by atoms with E-state index in [2.05, 4.69) is 45.1 Å². The maximum absolute atomic E-state index is 13.2. The second-order valence-electron chi connectivity index (χ2n) is 5.49. The molecule has 0 spiro atoms. The van der Waals surface area contributed by atoms with E-state index in [0.29, 0.717) is 6.04 Å². The zero-order valence-electron chi connectivity index (χ0n) is 12.1. The van der Waals surface area contributed by atoms with E-state index < -0.39 is 0 Å². The molecule has 0 saturated carbocycles. The minimum Gasteiger partial charge on any atom is -0.312 e. The summed E-state index contributed by atoms with van der Waals surface area (Å²) >= 11 is 0. The van der Waals surface area contributed by atoms with E-state index in [1.807, 2.05) is 6.07 Å². The third-order valence-electron chi connectivity index (χ3n) is 3.78. The molecule has 1 rings (SSSR count). The molecule has 18 heavy (non-hydrogen) atoms. The van der Waals surface area contributed by atoms with Crippen molar-refractivity contribution in [2.24, 2.45) is 0 Å². The highest BCUT2D eigenvalue weighted by molar-refractivity contribution is 5.18. The summed E-state index contributed by atoms with van der Waals surface area (Å²) in [5, 5.41) is 3.51. The smallest absolute Gasteiger partial charge is 0.123 e. The Labute approximate surface area is 110 Å². The molecule has 0 radical (unpaired) electrons. The second kappa shape index (κ2) is 6.30. The van der Waals surface area contributed by atoms with Crippen LogP contribution in [-0.4, -0.2) is 37.1 Å². The predicted molar refractivity (Wildman–Crippen MR) is 75.3 cm³/mol. The Morgan fingerprint density at radius 2 is 2.00 bits per heavy atom. The predicted octanol–water partition coefficient (Wildman–Crippen LogP) is 2.69. The molecule has 0 aliphatic carbocycles. The number of halogens is 1. The summed E-state index contributed by atoms with van der Waals surface area (Å²) in [5.74, 6) is -0.162. The first-order valence-corrected chi connectivity index (χ1v) is 6.53. The van der Waals surface area contributed by atoms with Crippen LogP contribution in [0.5, 0.6) is 0 Å². The van der Waals surface area contributed by atoms with Gasteiger partial charge in [0.05, 0.1) is 0 Å². The lowest BCUT2D eigenvalue weighted by Gasteiger charge is -2.40. The fourth-order valence-electron chi connectivity index (χ4n) is 2.03. The van der Waals surface area contributed by atoms with Gasteiger partial charge in [-0.25, -0.2) is 4.39 Å². The minimum absolute atomic E-state index is 0.0162. The number of hydrogen-bond donors (Lipinski definition) is 1. The van der Waals surface area contributed by atoms with Gasteiger partial charge in [-0.05, 0) is 58.6 Å². The number of nitrogens with one attached hydrogen (secondary N) is 1. The van der Waals surface area contributed by atoms with Crippen molar-refractivity contribution in [3.8, 4) is 0 Å². The summed E-state index contributed by atoms with van der Waals surface area (Å²) in [6.07, 6.45) is 0.830. The van der Waals surface area contributed by atoms with Crippen molar-refractivity contribution in [2.75, 3.05) is 20.6 Å². The third kappa shape index (κ3) is 3.79. The summed E-state index contributed by atoms with van der Waals surface area (Å²) < 4.78 is 13.2. The molecule has 1 aromatic rings. The Hall–Kier alpha value is -0.930. The van der Waals surface area contributed by atoms with Gasteiger partial charge < -0.3 is 10.2 Å². The van der Waals surface area contributed by atoms with Crippen LogP contribution in [0.15, 0.2) is 24.3 Å². The average Bonchev–Trinajstić information content (AvgIpc) is 2.28. The molecule has 1 aromatic carbocycles. The summed E-state index contributed by atoms with van der Waals surface area (Å²) in [7, 11) is 4.16. The normalized spacial score (nSPS) is 13.9. The van der Waals surface area contributed by atoms with Crippen molar-refractivity contribution in [1.82, 2.24) is 10.2 Å². The van der Waals surface area contributed by atoms with E-state index in [4.69, 9.17) is 0 Å². The van der Waals surface area contributed by atoms with E-state index in [-0.39, 0.29) is 11.4 Å². The molecule has 1 atom stereocenters. The first-order chi connectivity index (χ1) is 8.37. The highest BCUT2D eigenvalue weighted by Gasteiger charge is 2.30. The number of likely N-dealkylation sites (N-methyl/N-ethyl adjacent to an activating group) is 2. The Bertz CT molecular complexity index is 375. The van der Waals surface area contributed by atoms with Crippen LogP contribution in [0.25, 0.3) is 0 Å². The van der Waals surface area contributed by atoms with Crippen molar-refractivity contribution < 1.29 is 4.39 Å². The van der Waals surface area contributed by atoms with E-state index in [9.17, 15) is 4.39 Å². The summed E-state index contributed by atoms with van der Waals surface area (Å²) in [5.41, 5.74) is 1.05. The second-order valence-corrected chi connectivity index (χ2v) is 5.49. The third-order valence-corrected chi connectivity index (χ3v) is 3.78. The SMILES string of the molecule is CCNC(Cc1cccc(F)c1)C(C)(C)N(C)C. The Morgan fingerprint density at radius 1 is 1.33 bits per heavy atom. The number of hydrogen-bond acceptors (Lipinski definition) is 2. The minimum atomic E-state index is -0.162. The molecule has 0 aliphatic rings. The van der Waals surface area contributed by atoms with Gasteiger partial charge in [0.1, 0.15) is 5.82 Å². The standard InChI is InChI=1S/C15H25FN2/c1-6-17-14(15(2,3)18(4)5)11-12-8-7-9-13(16)10-12/h7-10,14,17H,6,11H2,1-5H3.